The number of aliphatic hydroxyl groups excluding tert-OH is 1. The second-order valence-electron chi connectivity index (χ2n) is 9.82. The lowest BCUT2D eigenvalue weighted by atomic mass is 10.1. The van der Waals surface area contributed by atoms with Crippen molar-refractivity contribution in [3.63, 3.8) is 0 Å². The maximum Gasteiger partial charge on any atom is 0.265 e. The van der Waals surface area contributed by atoms with Crippen molar-refractivity contribution in [1.29, 1.82) is 0 Å². The zero-order valence-electron chi connectivity index (χ0n) is 21.7. The molecule has 38 heavy (non-hydrogen) atoms. The number of carbonyl (C=O) groups excluding carboxylic acids is 1. The second-order valence-corrected chi connectivity index (χ2v) is 10.2. The molecule has 0 aliphatic carbocycles. The molecule has 5 rings (SSSR count). The largest absolute Gasteiger partial charge is 0.392 e. The van der Waals surface area contributed by atoms with Gasteiger partial charge in [-0.2, -0.15) is 4.98 Å². The smallest absolute Gasteiger partial charge is 0.265 e. The number of piperazine rings is 1. The molecule has 0 bridgehead atoms. The van der Waals surface area contributed by atoms with Crippen LogP contribution >= 0.6 is 11.6 Å². The Balaban J connectivity index is 1.35. The molecular formula is C27H31ClFN7O2. The number of halogens is 2. The predicted molar refractivity (Wildman–Crippen MR) is 148 cm³/mol. The van der Waals surface area contributed by atoms with Gasteiger partial charge in [0.05, 0.1) is 18.3 Å². The molecular weight excluding hydrogens is 509 g/mol. The van der Waals surface area contributed by atoms with Gasteiger partial charge >= 0.3 is 0 Å². The number of hydrogen-bond donors (Lipinski definition) is 2. The first-order chi connectivity index (χ1) is 18.3. The third kappa shape index (κ3) is 4.99. The first-order valence-electron chi connectivity index (χ1n) is 12.6. The highest BCUT2D eigenvalue weighted by Crippen LogP contribution is 2.35. The summed E-state index contributed by atoms with van der Waals surface area (Å²) in [4.78, 5) is 29.9. The van der Waals surface area contributed by atoms with E-state index in [-0.39, 0.29) is 29.5 Å². The van der Waals surface area contributed by atoms with E-state index in [2.05, 4.69) is 38.9 Å². The van der Waals surface area contributed by atoms with Crippen molar-refractivity contribution < 1.29 is 14.3 Å². The SMILES string of the molecule is CC(C)N1CCN(c2ccc(Nc3ncc4c(n3)N(C)CN(c3c(F)cccc3Cl)C4=O)cc2CO)CC1. The monoisotopic (exact) mass is 539 g/mol. The van der Waals surface area contributed by atoms with Crippen LogP contribution in [0, 0.1) is 5.82 Å². The van der Waals surface area contributed by atoms with Gasteiger partial charge in [-0.1, -0.05) is 17.7 Å². The third-order valence-electron chi connectivity index (χ3n) is 7.06. The van der Waals surface area contributed by atoms with Crippen LogP contribution in [-0.2, 0) is 6.61 Å². The number of benzene rings is 2. The Morgan fingerprint density at radius 1 is 1.16 bits per heavy atom. The van der Waals surface area contributed by atoms with Gasteiger partial charge in [0.25, 0.3) is 5.91 Å². The Bertz CT molecular complexity index is 1330. The van der Waals surface area contributed by atoms with Crippen molar-refractivity contribution in [3.8, 4) is 0 Å². The molecule has 0 atom stereocenters. The maximum absolute atomic E-state index is 14.5. The Hall–Kier alpha value is -3.47. The molecule has 1 saturated heterocycles. The fourth-order valence-corrected chi connectivity index (χ4v) is 5.25. The minimum atomic E-state index is -0.577. The molecule has 3 heterocycles. The summed E-state index contributed by atoms with van der Waals surface area (Å²) >= 11 is 6.21. The summed E-state index contributed by atoms with van der Waals surface area (Å²) in [6.45, 7) is 8.18. The second kappa shape index (κ2) is 10.7. The molecule has 2 aromatic carbocycles. The summed E-state index contributed by atoms with van der Waals surface area (Å²) < 4.78 is 14.5. The zero-order valence-corrected chi connectivity index (χ0v) is 22.4. The van der Waals surface area contributed by atoms with Crippen LogP contribution in [0.1, 0.15) is 29.8 Å². The van der Waals surface area contributed by atoms with E-state index in [0.717, 1.165) is 43.1 Å². The van der Waals surface area contributed by atoms with Gasteiger partial charge in [0.15, 0.2) is 0 Å². The highest BCUT2D eigenvalue weighted by Gasteiger charge is 2.33. The van der Waals surface area contributed by atoms with E-state index in [1.54, 1.807) is 18.0 Å². The number of rotatable bonds is 6. The molecule has 0 unspecified atom stereocenters. The van der Waals surface area contributed by atoms with Crippen LogP contribution in [0.3, 0.4) is 0 Å². The molecule has 3 aromatic rings. The van der Waals surface area contributed by atoms with Crippen molar-refractivity contribution in [1.82, 2.24) is 14.9 Å². The summed E-state index contributed by atoms with van der Waals surface area (Å²) in [6, 6.07) is 10.7. The Morgan fingerprint density at radius 3 is 2.61 bits per heavy atom. The zero-order chi connectivity index (χ0) is 27.0. The minimum absolute atomic E-state index is 0.0288. The predicted octanol–water partition coefficient (Wildman–Crippen LogP) is 4.09. The van der Waals surface area contributed by atoms with E-state index < -0.39 is 11.7 Å². The maximum atomic E-state index is 14.5. The molecule has 1 aromatic heterocycles. The molecule has 0 saturated carbocycles. The number of aromatic nitrogens is 2. The topological polar surface area (TPSA) is 88.1 Å². The number of aliphatic hydroxyl groups is 1. The molecule has 1 amide bonds. The first kappa shape index (κ1) is 26.1. The lowest BCUT2D eigenvalue weighted by Gasteiger charge is -2.38. The quantitative estimate of drug-likeness (QED) is 0.484. The third-order valence-corrected chi connectivity index (χ3v) is 7.36. The van der Waals surface area contributed by atoms with Crippen molar-refractivity contribution in [3.05, 3.63) is 64.6 Å². The Kier molecular flexibility index (Phi) is 7.38. The van der Waals surface area contributed by atoms with E-state index >= 15 is 0 Å². The van der Waals surface area contributed by atoms with Gasteiger partial charge in [-0.25, -0.2) is 9.37 Å². The van der Waals surface area contributed by atoms with Crippen LogP contribution in [0.25, 0.3) is 0 Å². The van der Waals surface area contributed by atoms with Crippen LogP contribution in [-0.4, -0.2) is 71.8 Å². The standard InChI is InChI=1S/C27H31ClFN7O2/c1-17(2)34-9-11-35(12-10-34)23-8-7-19(13-18(23)15-37)31-27-30-14-20-25(32-27)33(3)16-36(26(20)38)24-21(28)5-4-6-22(24)29/h4-8,13-14,17,37H,9-12,15-16H2,1-3H3,(H,30,31,32). The van der Waals surface area contributed by atoms with Crippen molar-refractivity contribution in [2.24, 2.45) is 0 Å². The number of amides is 1. The summed E-state index contributed by atoms with van der Waals surface area (Å²) in [5, 5.41) is 13.4. The van der Waals surface area contributed by atoms with E-state index in [4.69, 9.17) is 11.6 Å². The average molecular weight is 540 g/mol. The van der Waals surface area contributed by atoms with Gasteiger partial charge in [-0.15, -0.1) is 0 Å². The minimum Gasteiger partial charge on any atom is -0.392 e. The lowest BCUT2D eigenvalue weighted by molar-refractivity contribution is 0.0981. The van der Waals surface area contributed by atoms with Crippen molar-refractivity contribution in [2.45, 2.75) is 26.5 Å². The number of para-hydroxylation sites is 1. The number of hydrogen-bond acceptors (Lipinski definition) is 8. The molecule has 2 N–H and O–H groups in total. The lowest BCUT2D eigenvalue weighted by Crippen LogP contribution is -2.49. The van der Waals surface area contributed by atoms with Crippen LogP contribution in [0.15, 0.2) is 42.6 Å². The van der Waals surface area contributed by atoms with Crippen LogP contribution in [0.4, 0.5) is 33.2 Å². The van der Waals surface area contributed by atoms with Crippen LogP contribution in [0.5, 0.6) is 0 Å². The van der Waals surface area contributed by atoms with Gasteiger partial charge in [0.2, 0.25) is 5.95 Å². The number of anilines is 5. The molecule has 0 spiro atoms. The van der Waals surface area contributed by atoms with Gasteiger partial charge < -0.3 is 20.2 Å². The fourth-order valence-electron chi connectivity index (χ4n) is 4.99. The van der Waals surface area contributed by atoms with E-state index in [1.807, 2.05) is 18.2 Å². The molecule has 2 aliphatic rings. The molecule has 11 heteroatoms. The highest BCUT2D eigenvalue weighted by molar-refractivity contribution is 6.34. The molecule has 2 aliphatic heterocycles. The average Bonchev–Trinajstić information content (AvgIpc) is 2.91. The Labute approximate surface area is 226 Å². The fraction of sp³-hybridized carbons (Fsp3) is 0.370. The first-order valence-corrected chi connectivity index (χ1v) is 13.0. The number of carbonyl (C=O) groups is 1. The van der Waals surface area contributed by atoms with Crippen LogP contribution in [0.2, 0.25) is 5.02 Å². The normalized spacial score (nSPS) is 16.3. The Morgan fingerprint density at radius 2 is 1.92 bits per heavy atom. The summed E-state index contributed by atoms with van der Waals surface area (Å²) in [6.07, 6.45) is 1.43. The number of nitrogens with zero attached hydrogens (tertiary/aromatic N) is 6. The molecule has 9 nitrogen and oxygen atoms in total. The molecule has 0 radical (unpaired) electrons. The molecule has 200 valence electrons. The van der Waals surface area contributed by atoms with Gasteiger partial charge in [0.1, 0.15) is 22.9 Å². The van der Waals surface area contributed by atoms with E-state index in [0.29, 0.717) is 17.8 Å². The number of nitrogens with one attached hydrogen (secondary N) is 1. The summed E-state index contributed by atoms with van der Waals surface area (Å²) in [5.74, 6) is -0.269. The highest BCUT2D eigenvalue weighted by atomic mass is 35.5. The van der Waals surface area contributed by atoms with E-state index in [9.17, 15) is 14.3 Å². The number of fused-ring (bicyclic) bond motifs is 1. The van der Waals surface area contributed by atoms with Crippen LogP contribution < -0.4 is 20.0 Å². The molecule has 1 fully saturated rings. The van der Waals surface area contributed by atoms with E-state index in [1.165, 1.54) is 23.2 Å². The van der Waals surface area contributed by atoms with Crippen molar-refractivity contribution in [2.75, 3.05) is 59.9 Å². The summed E-state index contributed by atoms with van der Waals surface area (Å²) in [7, 11) is 1.77. The van der Waals surface area contributed by atoms with Gasteiger partial charge in [0, 0.05) is 62.4 Å². The van der Waals surface area contributed by atoms with Crippen molar-refractivity contribution >= 4 is 46.3 Å². The summed E-state index contributed by atoms with van der Waals surface area (Å²) in [5.41, 5.74) is 2.83. The van der Waals surface area contributed by atoms with Gasteiger partial charge in [-0.05, 0) is 44.2 Å². The van der Waals surface area contributed by atoms with Gasteiger partial charge in [-0.3, -0.25) is 14.6 Å².